The first kappa shape index (κ1) is 9.96. The Morgan fingerprint density at radius 3 is 2.33 bits per heavy atom. The van der Waals surface area contributed by atoms with E-state index in [2.05, 4.69) is 13.8 Å². The van der Waals surface area contributed by atoms with E-state index in [0.29, 0.717) is 12.3 Å². The third-order valence-electron chi connectivity index (χ3n) is 2.48. The molecule has 1 fully saturated rings. The lowest BCUT2D eigenvalue weighted by molar-refractivity contribution is -0.171. The molecule has 1 rings (SSSR count). The van der Waals surface area contributed by atoms with Gasteiger partial charge in [0, 0.05) is 6.42 Å². The molecule has 0 saturated carbocycles. The number of ether oxygens (including phenoxy) is 1. The highest BCUT2D eigenvalue weighted by Gasteiger charge is 2.34. The summed E-state index contributed by atoms with van der Waals surface area (Å²) < 4.78 is 5.52. The number of aliphatic hydroxyl groups excluding tert-OH is 2. The number of aliphatic hydroxyl groups is 2. The first-order chi connectivity index (χ1) is 5.52. The average Bonchev–Trinajstić information content (AvgIpc) is 1.99. The van der Waals surface area contributed by atoms with E-state index in [1.165, 1.54) is 0 Å². The van der Waals surface area contributed by atoms with Crippen LogP contribution in [0.25, 0.3) is 0 Å². The summed E-state index contributed by atoms with van der Waals surface area (Å²) in [5, 5.41) is 18.8. The highest BCUT2D eigenvalue weighted by Crippen LogP contribution is 2.24. The van der Waals surface area contributed by atoms with Crippen molar-refractivity contribution < 1.29 is 14.9 Å². The predicted octanol–water partition coefficient (Wildman–Crippen LogP) is 0.542. The molecular weight excluding hydrogens is 156 g/mol. The monoisotopic (exact) mass is 174 g/mol. The zero-order valence-corrected chi connectivity index (χ0v) is 7.90. The molecule has 1 saturated heterocycles. The summed E-state index contributed by atoms with van der Waals surface area (Å²) >= 11 is 0. The fraction of sp³-hybridized carbons (Fsp3) is 1.00. The number of rotatable bonds is 1. The predicted molar refractivity (Wildman–Crippen MR) is 45.8 cm³/mol. The lowest BCUT2D eigenvalue weighted by atomic mass is 9.93. The summed E-state index contributed by atoms with van der Waals surface area (Å²) in [7, 11) is 0. The van der Waals surface area contributed by atoms with Crippen molar-refractivity contribution in [2.45, 2.75) is 51.6 Å². The van der Waals surface area contributed by atoms with Crippen molar-refractivity contribution in [1.82, 2.24) is 0 Å². The summed E-state index contributed by atoms with van der Waals surface area (Å²) in [6.45, 7) is 5.91. The molecule has 72 valence electrons. The number of hydrogen-bond donors (Lipinski definition) is 2. The van der Waals surface area contributed by atoms with Crippen LogP contribution < -0.4 is 0 Å². The first-order valence-corrected chi connectivity index (χ1v) is 4.54. The molecule has 0 aliphatic carbocycles. The normalized spacial score (nSPS) is 43.5. The van der Waals surface area contributed by atoms with E-state index >= 15 is 0 Å². The van der Waals surface area contributed by atoms with Gasteiger partial charge in [-0.25, -0.2) is 0 Å². The Morgan fingerprint density at radius 1 is 1.33 bits per heavy atom. The molecule has 0 aromatic heterocycles. The lowest BCUT2D eigenvalue weighted by Gasteiger charge is -2.37. The molecule has 0 bridgehead atoms. The molecule has 0 aromatic carbocycles. The molecule has 3 heteroatoms. The second-order valence-electron chi connectivity index (χ2n) is 3.92. The van der Waals surface area contributed by atoms with Crippen molar-refractivity contribution in [3.8, 4) is 0 Å². The Morgan fingerprint density at radius 2 is 1.92 bits per heavy atom. The fourth-order valence-electron chi connectivity index (χ4n) is 1.53. The molecule has 1 aliphatic rings. The second-order valence-corrected chi connectivity index (χ2v) is 3.92. The third-order valence-corrected chi connectivity index (χ3v) is 2.48. The molecule has 0 radical (unpaired) electrons. The highest BCUT2D eigenvalue weighted by atomic mass is 16.5. The van der Waals surface area contributed by atoms with Gasteiger partial charge in [0.05, 0.1) is 18.3 Å². The molecule has 3 nitrogen and oxygen atoms in total. The highest BCUT2D eigenvalue weighted by molar-refractivity contribution is 4.84. The maximum atomic E-state index is 9.44. The molecule has 2 N–H and O–H groups in total. The van der Waals surface area contributed by atoms with Crippen LogP contribution >= 0.6 is 0 Å². The molecule has 4 atom stereocenters. The maximum absolute atomic E-state index is 9.44. The zero-order valence-electron chi connectivity index (χ0n) is 7.90. The van der Waals surface area contributed by atoms with Gasteiger partial charge in [-0.3, -0.25) is 0 Å². The SMILES string of the molecule is CC(C)C1C[C@@H](O)[C@@H](O)C(C)O1. The largest absolute Gasteiger partial charge is 0.390 e. The Labute approximate surface area is 73.4 Å². The molecule has 2 unspecified atom stereocenters. The van der Waals surface area contributed by atoms with Gasteiger partial charge in [-0.1, -0.05) is 13.8 Å². The first-order valence-electron chi connectivity index (χ1n) is 4.54. The minimum atomic E-state index is -0.722. The van der Waals surface area contributed by atoms with E-state index in [-0.39, 0.29) is 12.2 Å². The van der Waals surface area contributed by atoms with Crippen LogP contribution in [0, 0.1) is 5.92 Å². The molecule has 1 aliphatic heterocycles. The van der Waals surface area contributed by atoms with Crippen molar-refractivity contribution in [3.05, 3.63) is 0 Å². The van der Waals surface area contributed by atoms with Gasteiger partial charge in [-0.2, -0.15) is 0 Å². The smallest absolute Gasteiger partial charge is 0.106 e. The molecule has 0 amide bonds. The van der Waals surface area contributed by atoms with Gasteiger partial charge in [-0.15, -0.1) is 0 Å². The standard InChI is InChI=1S/C9H18O3/c1-5(2)8-4-7(10)9(11)6(3)12-8/h5-11H,4H2,1-3H3/t6?,7-,8?,9+/m1/s1. The van der Waals surface area contributed by atoms with Crippen LogP contribution in [-0.2, 0) is 4.74 Å². The average molecular weight is 174 g/mol. The summed E-state index contributed by atoms with van der Waals surface area (Å²) in [5.41, 5.74) is 0. The van der Waals surface area contributed by atoms with Gasteiger partial charge < -0.3 is 14.9 Å². The molecule has 0 aromatic rings. The molecule has 0 spiro atoms. The topological polar surface area (TPSA) is 49.7 Å². The van der Waals surface area contributed by atoms with Crippen molar-refractivity contribution in [2.75, 3.05) is 0 Å². The third kappa shape index (κ3) is 1.97. The minimum Gasteiger partial charge on any atom is -0.390 e. The Kier molecular flexibility index (Phi) is 3.09. The zero-order chi connectivity index (χ0) is 9.30. The van der Waals surface area contributed by atoms with E-state index in [4.69, 9.17) is 4.74 Å². The van der Waals surface area contributed by atoms with Crippen molar-refractivity contribution in [3.63, 3.8) is 0 Å². The van der Waals surface area contributed by atoms with Crippen LogP contribution in [0.15, 0.2) is 0 Å². The van der Waals surface area contributed by atoms with Gasteiger partial charge in [0.15, 0.2) is 0 Å². The molecular formula is C9H18O3. The van der Waals surface area contributed by atoms with E-state index in [0.717, 1.165) is 0 Å². The van der Waals surface area contributed by atoms with Crippen LogP contribution in [0.5, 0.6) is 0 Å². The molecule has 12 heavy (non-hydrogen) atoms. The van der Waals surface area contributed by atoms with E-state index < -0.39 is 12.2 Å². The summed E-state index contributed by atoms with van der Waals surface area (Å²) in [6, 6.07) is 0. The van der Waals surface area contributed by atoms with Crippen molar-refractivity contribution >= 4 is 0 Å². The van der Waals surface area contributed by atoms with Crippen molar-refractivity contribution in [2.24, 2.45) is 5.92 Å². The number of hydrogen-bond acceptors (Lipinski definition) is 3. The van der Waals surface area contributed by atoms with Crippen LogP contribution in [0.2, 0.25) is 0 Å². The Balaban J connectivity index is 2.53. The molecule has 1 heterocycles. The van der Waals surface area contributed by atoms with Gasteiger partial charge in [0.2, 0.25) is 0 Å². The quantitative estimate of drug-likeness (QED) is 0.610. The van der Waals surface area contributed by atoms with E-state index in [1.54, 1.807) is 6.92 Å². The van der Waals surface area contributed by atoms with E-state index in [9.17, 15) is 10.2 Å². The van der Waals surface area contributed by atoms with Crippen LogP contribution in [0.4, 0.5) is 0 Å². The Hall–Kier alpha value is -0.120. The summed E-state index contributed by atoms with van der Waals surface area (Å²) in [4.78, 5) is 0. The van der Waals surface area contributed by atoms with Crippen molar-refractivity contribution in [1.29, 1.82) is 0 Å². The Bertz CT molecular complexity index is 135. The van der Waals surface area contributed by atoms with Gasteiger partial charge in [0.25, 0.3) is 0 Å². The van der Waals surface area contributed by atoms with E-state index in [1.807, 2.05) is 0 Å². The van der Waals surface area contributed by atoms with Crippen LogP contribution in [0.3, 0.4) is 0 Å². The van der Waals surface area contributed by atoms with Gasteiger partial charge in [0.1, 0.15) is 6.10 Å². The maximum Gasteiger partial charge on any atom is 0.106 e. The van der Waals surface area contributed by atoms with Crippen LogP contribution in [0.1, 0.15) is 27.2 Å². The second kappa shape index (κ2) is 3.73. The van der Waals surface area contributed by atoms with Gasteiger partial charge in [-0.05, 0) is 12.8 Å². The lowest BCUT2D eigenvalue weighted by Crippen LogP contribution is -2.48. The van der Waals surface area contributed by atoms with Gasteiger partial charge >= 0.3 is 0 Å². The minimum absolute atomic E-state index is 0.0819. The van der Waals surface area contributed by atoms with Crippen LogP contribution in [-0.4, -0.2) is 34.6 Å². The summed E-state index contributed by atoms with van der Waals surface area (Å²) in [5.74, 6) is 0.398. The fourth-order valence-corrected chi connectivity index (χ4v) is 1.53. The summed E-state index contributed by atoms with van der Waals surface area (Å²) in [6.07, 6.45) is -0.968.